The van der Waals surface area contributed by atoms with Crippen LogP contribution >= 0.6 is 0 Å². The molecule has 0 amide bonds. The van der Waals surface area contributed by atoms with Crippen molar-refractivity contribution in [1.29, 1.82) is 0 Å². The second-order valence-corrected chi connectivity index (χ2v) is 12.6. The van der Waals surface area contributed by atoms with Crippen LogP contribution in [-0.4, -0.2) is 9.97 Å². The molecule has 2 heteroatoms. The molecule has 0 fully saturated rings. The molecule has 0 saturated heterocycles. The van der Waals surface area contributed by atoms with E-state index in [4.69, 9.17) is 4.98 Å². The van der Waals surface area contributed by atoms with Gasteiger partial charge in [0, 0.05) is 11.8 Å². The molecule has 0 aliphatic rings. The zero-order valence-electron chi connectivity index (χ0n) is 27.4. The van der Waals surface area contributed by atoms with Crippen molar-refractivity contribution in [1.82, 2.24) is 9.97 Å². The fourth-order valence-corrected chi connectivity index (χ4v) is 6.95. The average molecular weight is 637 g/mol. The van der Waals surface area contributed by atoms with E-state index >= 15 is 0 Å². The molecule has 0 aliphatic heterocycles. The highest BCUT2D eigenvalue weighted by Crippen LogP contribution is 2.36. The van der Waals surface area contributed by atoms with Gasteiger partial charge in [-0.05, 0) is 96.4 Å². The first kappa shape index (κ1) is 29.5. The molecule has 50 heavy (non-hydrogen) atoms. The van der Waals surface area contributed by atoms with E-state index in [9.17, 15) is 0 Å². The van der Waals surface area contributed by atoms with Crippen LogP contribution in [-0.2, 0) is 0 Å². The maximum absolute atomic E-state index is 4.98. The average Bonchev–Trinajstić information content (AvgIpc) is 3.21. The van der Waals surface area contributed by atoms with Crippen LogP contribution in [0.4, 0.5) is 0 Å². The van der Waals surface area contributed by atoms with E-state index in [0.717, 1.165) is 33.8 Å². The van der Waals surface area contributed by atoms with Crippen molar-refractivity contribution in [2.24, 2.45) is 0 Å². The number of pyridine rings is 2. The molecule has 0 unspecified atom stereocenters. The summed E-state index contributed by atoms with van der Waals surface area (Å²) in [5.41, 5.74) is 13.3. The van der Waals surface area contributed by atoms with Gasteiger partial charge in [-0.1, -0.05) is 158 Å². The first-order valence-corrected chi connectivity index (χ1v) is 17.0. The van der Waals surface area contributed by atoms with Crippen molar-refractivity contribution in [3.05, 3.63) is 194 Å². The van der Waals surface area contributed by atoms with Crippen LogP contribution in [0.1, 0.15) is 0 Å². The fourth-order valence-electron chi connectivity index (χ4n) is 6.95. The van der Waals surface area contributed by atoms with E-state index in [1.54, 1.807) is 0 Å². The molecule has 2 aromatic heterocycles. The lowest BCUT2D eigenvalue weighted by Gasteiger charge is -2.12. The second-order valence-electron chi connectivity index (χ2n) is 12.6. The van der Waals surface area contributed by atoms with Crippen LogP contribution in [0.25, 0.3) is 88.7 Å². The van der Waals surface area contributed by atoms with Crippen molar-refractivity contribution in [3.63, 3.8) is 0 Å². The minimum Gasteiger partial charge on any atom is -0.255 e. The van der Waals surface area contributed by atoms with Gasteiger partial charge >= 0.3 is 0 Å². The van der Waals surface area contributed by atoms with Gasteiger partial charge in [0.05, 0.1) is 17.1 Å². The zero-order chi connectivity index (χ0) is 33.3. The summed E-state index contributed by atoms with van der Waals surface area (Å²) < 4.78 is 0. The lowest BCUT2D eigenvalue weighted by molar-refractivity contribution is 1.25. The van der Waals surface area contributed by atoms with Gasteiger partial charge in [-0.3, -0.25) is 4.98 Å². The number of aromatic nitrogens is 2. The molecule has 2 heterocycles. The SMILES string of the molecule is c1ccc(-c2cc(-c3ccc(-c4ccc(-c5ccc(-c6cc7ccccc7c7ccccc67)cc5)cc4)cc3)cc(-c3ccccn3)n2)cc1. The molecule has 0 N–H and O–H groups in total. The third-order valence-corrected chi connectivity index (χ3v) is 9.56. The Morgan fingerprint density at radius 1 is 0.280 bits per heavy atom. The topological polar surface area (TPSA) is 25.8 Å². The first-order valence-electron chi connectivity index (χ1n) is 17.0. The van der Waals surface area contributed by atoms with E-state index in [1.807, 2.05) is 42.6 Å². The molecule has 234 valence electrons. The molecule has 0 bridgehead atoms. The molecular formula is C48H32N2. The molecule has 0 spiro atoms. The van der Waals surface area contributed by atoms with Crippen molar-refractivity contribution >= 4 is 21.5 Å². The number of hydrogen-bond acceptors (Lipinski definition) is 2. The zero-order valence-corrected chi connectivity index (χ0v) is 27.4. The quantitative estimate of drug-likeness (QED) is 0.170. The molecule has 0 atom stereocenters. The van der Waals surface area contributed by atoms with E-state index < -0.39 is 0 Å². The summed E-state index contributed by atoms with van der Waals surface area (Å²) in [7, 11) is 0. The Labute approximate surface area is 292 Å². The maximum atomic E-state index is 4.98. The van der Waals surface area contributed by atoms with E-state index in [0.29, 0.717) is 0 Å². The van der Waals surface area contributed by atoms with Crippen LogP contribution in [0.2, 0.25) is 0 Å². The Balaban J connectivity index is 0.985. The van der Waals surface area contributed by atoms with E-state index in [-0.39, 0.29) is 0 Å². The number of fused-ring (bicyclic) bond motifs is 3. The highest BCUT2D eigenvalue weighted by atomic mass is 14.8. The molecule has 9 rings (SSSR count). The number of rotatable bonds is 6. The van der Waals surface area contributed by atoms with Crippen molar-refractivity contribution in [3.8, 4) is 67.2 Å². The first-order chi connectivity index (χ1) is 24.8. The van der Waals surface area contributed by atoms with Gasteiger partial charge in [0.2, 0.25) is 0 Å². The molecular weight excluding hydrogens is 605 g/mol. The summed E-state index contributed by atoms with van der Waals surface area (Å²) in [6, 6.07) is 66.9. The van der Waals surface area contributed by atoms with E-state index in [1.165, 1.54) is 54.9 Å². The monoisotopic (exact) mass is 636 g/mol. The van der Waals surface area contributed by atoms with Gasteiger partial charge in [0.25, 0.3) is 0 Å². The van der Waals surface area contributed by atoms with Crippen molar-refractivity contribution < 1.29 is 0 Å². The molecule has 7 aromatic carbocycles. The summed E-state index contributed by atoms with van der Waals surface area (Å²) in [6.45, 7) is 0. The fraction of sp³-hybridized carbons (Fsp3) is 0. The highest BCUT2D eigenvalue weighted by Gasteiger charge is 2.11. The van der Waals surface area contributed by atoms with Crippen molar-refractivity contribution in [2.75, 3.05) is 0 Å². The second kappa shape index (κ2) is 12.8. The number of nitrogens with zero attached hydrogens (tertiary/aromatic N) is 2. The predicted molar refractivity (Wildman–Crippen MR) is 210 cm³/mol. The van der Waals surface area contributed by atoms with Crippen LogP contribution in [0.5, 0.6) is 0 Å². The number of benzene rings is 7. The van der Waals surface area contributed by atoms with Crippen LogP contribution in [0.3, 0.4) is 0 Å². The van der Waals surface area contributed by atoms with Crippen LogP contribution in [0, 0.1) is 0 Å². The molecule has 9 aromatic rings. The van der Waals surface area contributed by atoms with Crippen molar-refractivity contribution in [2.45, 2.75) is 0 Å². The predicted octanol–water partition coefficient (Wildman–Crippen LogP) is 12.8. The van der Waals surface area contributed by atoms with Gasteiger partial charge in [-0.15, -0.1) is 0 Å². The highest BCUT2D eigenvalue weighted by molar-refractivity contribution is 6.13. The Hall–Kier alpha value is -6.64. The summed E-state index contributed by atoms with van der Waals surface area (Å²) in [4.78, 5) is 9.56. The summed E-state index contributed by atoms with van der Waals surface area (Å²) in [6.07, 6.45) is 1.81. The lowest BCUT2D eigenvalue weighted by Crippen LogP contribution is -1.92. The summed E-state index contributed by atoms with van der Waals surface area (Å²) >= 11 is 0. The van der Waals surface area contributed by atoms with E-state index in [2.05, 4.69) is 157 Å². The normalized spacial score (nSPS) is 11.2. The van der Waals surface area contributed by atoms with Crippen LogP contribution in [0.15, 0.2) is 194 Å². The molecule has 0 aliphatic carbocycles. The minimum absolute atomic E-state index is 0.861. The standard InChI is InChI=1S/C48H32N2/c1-2-10-39(11-3-1)47-31-41(32-48(50-47)46-16-8-9-29-49-46)37-23-21-35(22-24-37)33-17-19-34(20-18-33)36-25-27-38(28-26-36)45-30-40-12-4-5-13-42(40)43-14-6-7-15-44(43)45/h1-32H. The summed E-state index contributed by atoms with van der Waals surface area (Å²) in [5, 5.41) is 5.13. The molecule has 2 nitrogen and oxygen atoms in total. The third kappa shape index (κ3) is 5.63. The van der Waals surface area contributed by atoms with Crippen LogP contribution < -0.4 is 0 Å². The molecule has 0 radical (unpaired) electrons. The van der Waals surface area contributed by atoms with Gasteiger partial charge < -0.3 is 0 Å². The summed E-state index contributed by atoms with van der Waals surface area (Å²) in [5.74, 6) is 0. The lowest BCUT2D eigenvalue weighted by atomic mass is 9.92. The minimum atomic E-state index is 0.861. The Bertz CT molecular complexity index is 2530. The Morgan fingerprint density at radius 3 is 1.40 bits per heavy atom. The Kier molecular flexibility index (Phi) is 7.53. The Morgan fingerprint density at radius 2 is 0.780 bits per heavy atom. The van der Waals surface area contributed by atoms with Gasteiger partial charge in [-0.25, -0.2) is 4.98 Å². The number of hydrogen-bond donors (Lipinski definition) is 0. The van der Waals surface area contributed by atoms with Gasteiger partial charge in [-0.2, -0.15) is 0 Å². The molecule has 0 saturated carbocycles. The third-order valence-electron chi connectivity index (χ3n) is 9.56. The van der Waals surface area contributed by atoms with Gasteiger partial charge in [0.1, 0.15) is 0 Å². The van der Waals surface area contributed by atoms with Gasteiger partial charge in [0.15, 0.2) is 0 Å². The maximum Gasteiger partial charge on any atom is 0.0899 e. The largest absolute Gasteiger partial charge is 0.255 e. The smallest absolute Gasteiger partial charge is 0.0899 e.